The second kappa shape index (κ2) is 4.49. The number of fused-ring (bicyclic) bond motifs is 3. The highest BCUT2D eigenvalue weighted by Crippen LogP contribution is 2.34. The Bertz CT molecular complexity index is 778. The normalized spacial score (nSPS) is 11.6. The van der Waals surface area contributed by atoms with Crippen LogP contribution in [0.5, 0.6) is 0 Å². The quantitative estimate of drug-likeness (QED) is 0.652. The summed E-state index contributed by atoms with van der Waals surface area (Å²) < 4.78 is 1.06. The van der Waals surface area contributed by atoms with Gasteiger partial charge in [0.05, 0.1) is 5.52 Å². The van der Waals surface area contributed by atoms with E-state index in [1.807, 2.05) is 18.2 Å². The molecular formula is C16H15BrN2. The van der Waals surface area contributed by atoms with Crippen LogP contribution in [0.4, 0.5) is 5.69 Å². The van der Waals surface area contributed by atoms with Gasteiger partial charge >= 0.3 is 0 Å². The number of aromatic nitrogens is 1. The van der Waals surface area contributed by atoms with Crippen LogP contribution in [0.1, 0.15) is 25.5 Å². The van der Waals surface area contributed by atoms with Gasteiger partial charge in [-0.2, -0.15) is 0 Å². The van der Waals surface area contributed by atoms with Gasteiger partial charge in [-0.1, -0.05) is 54.0 Å². The molecule has 0 radical (unpaired) electrons. The van der Waals surface area contributed by atoms with Gasteiger partial charge in [-0.3, -0.25) is 4.98 Å². The van der Waals surface area contributed by atoms with E-state index in [-0.39, 0.29) is 0 Å². The predicted octanol–water partition coefficient (Wildman–Crippen LogP) is 4.86. The summed E-state index contributed by atoms with van der Waals surface area (Å²) in [6, 6.07) is 12.3. The van der Waals surface area contributed by atoms with E-state index in [0.29, 0.717) is 5.92 Å². The average Bonchev–Trinajstić information content (AvgIpc) is 2.40. The maximum Gasteiger partial charge on any atom is 0.0805 e. The summed E-state index contributed by atoms with van der Waals surface area (Å²) >= 11 is 3.62. The molecule has 3 rings (SSSR count). The van der Waals surface area contributed by atoms with Crippen molar-refractivity contribution in [3.8, 4) is 0 Å². The molecule has 0 saturated heterocycles. The third kappa shape index (κ3) is 1.98. The van der Waals surface area contributed by atoms with Crippen molar-refractivity contribution in [2.45, 2.75) is 19.8 Å². The molecule has 3 aromatic rings. The van der Waals surface area contributed by atoms with Crippen LogP contribution in [0, 0.1) is 0 Å². The summed E-state index contributed by atoms with van der Waals surface area (Å²) in [5.74, 6) is 0.370. The third-order valence-electron chi connectivity index (χ3n) is 3.41. The summed E-state index contributed by atoms with van der Waals surface area (Å²) in [5, 5.41) is 3.32. The molecule has 1 aromatic heterocycles. The smallest absolute Gasteiger partial charge is 0.0805 e. The lowest BCUT2D eigenvalue weighted by molar-refractivity contribution is 0.831. The highest BCUT2D eigenvalue weighted by atomic mass is 79.9. The highest BCUT2D eigenvalue weighted by molar-refractivity contribution is 9.10. The van der Waals surface area contributed by atoms with Crippen LogP contribution >= 0.6 is 15.9 Å². The first-order valence-electron chi connectivity index (χ1n) is 6.35. The van der Waals surface area contributed by atoms with Crippen LogP contribution in [-0.4, -0.2) is 4.98 Å². The topological polar surface area (TPSA) is 38.9 Å². The molecule has 96 valence electrons. The van der Waals surface area contributed by atoms with Crippen LogP contribution < -0.4 is 5.73 Å². The van der Waals surface area contributed by atoms with Gasteiger partial charge in [0, 0.05) is 26.6 Å². The molecule has 0 bridgehead atoms. The Balaban J connectivity index is 2.52. The van der Waals surface area contributed by atoms with Crippen LogP contribution in [0.25, 0.3) is 21.7 Å². The van der Waals surface area contributed by atoms with Gasteiger partial charge in [0.25, 0.3) is 0 Å². The number of nitrogen functional groups attached to an aromatic ring is 1. The van der Waals surface area contributed by atoms with Crippen LogP contribution in [0.3, 0.4) is 0 Å². The first-order valence-corrected chi connectivity index (χ1v) is 7.14. The van der Waals surface area contributed by atoms with E-state index in [4.69, 9.17) is 10.7 Å². The number of anilines is 1. The average molecular weight is 315 g/mol. The lowest BCUT2D eigenvalue weighted by atomic mass is 10.0. The van der Waals surface area contributed by atoms with Gasteiger partial charge in [0.1, 0.15) is 0 Å². The third-order valence-corrected chi connectivity index (χ3v) is 4.07. The first-order chi connectivity index (χ1) is 9.08. The van der Waals surface area contributed by atoms with Crippen LogP contribution in [0.2, 0.25) is 0 Å². The molecule has 0 aliphatic rings. The molecule has 2 N–H and O–H groups in total. The van der Waals surface area contributed by atoms with Crippen LogP contribution in [-0.2, 0) is 0 Å². The molecule has 0 saturated carbocycles. The molecule has 3 heteroatoms. The molecule has 0 unspecified atom stereocenters. The van der Waals surface area contributed by atoms with Crippen molar-refractivity contribution in [1.29, 1.82) is 0 Å². The number of hydrogen-bond donors (Lipinski definition) is 1. The SMILES string of the molecule is CC(C)c1cc(N)c2cc(Br)c3ccccc3c2n1. The molecule has 0 fully saturated rings. The number of benzene rings is 2. The lowest BCUT2D eigenvalue weighted by Crippen LogP contribution is -1.98. The fourth-order valence-corrected chi connectivity index (χ4v) is 2.93. The summed E-state index contributed by atoms with van der Waals surface area (Å²) in [7, 11) is 0. The second-order valence-electron chi connectivity index (χ2n) is 5.09. The highest BCUT2D eigenvalue weighted by Gasteiger charge is 2.11. The lowest BCUT2D eigenvalue weighted by Gasteiger charge is -2.12. The van der Waals surface area contributed by atoms with Crippen molar-refractivity contribution in [2.24, 2.45) is 0 Å². The Labute approximate surface area is 120 Å². The summed E-state index contributed by atoms with van der Waals surface area (Å²) in [4.78, 5) is 4.80. The largest absolute Gasteiger partial charge is 0.398 e. The summed E-state index contributed by atoms with van der Waals surface area (Å²) in [6.07, 6.45) is 0. The fourth-order valence-electron chi connectivity index (χ4n) is 2.35. The Hall–Kier alpha value is -1.61. The van der Waals surface area contributed by atoms with E-state index in [9.17, 15) is 0 Å². The number of nitrogens with zero attached hydrogens (tertiary/aromatic N) is 1. The van der Waals surface area contributed by atoms with Gasteiger partial charge < -0.3 is 5.73 Å². The zero-order valence-corrected chi connectivity index (χ0v) is 12.5. The molecule has 2 nitrogen and oxygen atoms in total. The van der Waals surface area contributed by atoms with E-state index in [0.717, 1.165) is 32.1 Å². The van der Waals surface area contributed by atoms with Crippen molar-refractivity contribution in [2.75, 3.05) is 5.73 Å². The summed E-state index contributed by atoms with van der Waals surface area (Å²) in [6.45, 7) is 4.27. The number of nitrogens with two attached hydrogens (primary N) is 1. The van der Waals surface area contributed by atoms with E-state index in [2.05, 4.69) is 48.0 Å². The van der Waals surface area contributed by atoms with E-state index in [1.165, 1.54) is 5.39 Å². The predicted molar refractivity (Wildman–Crippen MR) is 85.5 cm³/mol. The van der Waals surface area contributed by atoms with Crippen LogP contribution in [0.15, 0.2) is 40.9 Å². The maximum absolute atomic E-state index is 6.19. The van der Waals surface area contributed by atoms with E-state index in [1.54, 1.807) is 0 Å². The van der Waals surface area contributed by atoms with Crippen molar-refractivity contribution < 1.29 is 0 Å². The Morgan fingerprint density at radius 1 is 1.05 bits per heavy atom. The minimum Gasteiger partial charge on any atom is -0.398 e. The number of pyridine rings is 1. The fraction of sp³-hybridized carbons (Fsp3) is 0.188. The molecule has 0 spiro atoms. The number of halogens is 1. The van der Waals surface area contributed by atoms with Crippen molar-refractivity contribution in [3.63, 3.8) is 0 Å². The molecule has 0 aliphatic heterocycles. The van der Waals surface area contributed by atoms with Gasteiger partial charge in [-0.25, -0.2) is 0 Å². The van der Waals surface area contributed by atoms with Gasteiger partial charge in [0.15, 0.2) is 0 Å². The Morgan fingerprint density at radius 2 is 1.74 bits per heavy atom. The molecule has 19 heavy (non-hydrogen) atoms. The van der Waals surface area contributed by atoms with Crippen molar-refractivity contribution in [1.82, 2.24) is 4.98 Å². The number of rotatable bonds is 1. The van der Waals surface area contributed by atoms with Gasteiger partial charge in [0.2, 0.25) is 0 Å². The standard InChI is InChI=1S/C16H15BrN2/c1-9(2)15-8-14(18)12-7-13(17)10-5-3-4-6-11(10)16(12)19-15/h3-9H,1-2H3,(H2,18,19). The second-order valence-corrected chi connectivity index (χ2v) is 5.95. The zero-order chi connectivity index (χ0) is 13.6. The van der Waals surface area contributed by atoms with Crippen molar-refractivity contribution in [3.05, 3.63) is 46.6 Å². The summed E-state index contributed by atoms with van der Waals surface area (Å²) in [5.41, 5.74) is 9.01. The molecule has 2 aromatic carbocycles. The molecular weight excluding hydrogens is 300 g/mol. The minimum absolute atomic E-state index is 0.370. The number of hydrogen-bond acceptors (Lipinski definition) is 2. The Morgan fingerprint density at radius 3 is 2.42 bits per heavy atom. The van der Waals surface area contributed by atoms with E-state index < -0.39 is 0 Å². The molecule has 1 heterocycles. The molecule has 0 aliphatic carbocycles. The van der Waals surface area contributed by atoms with Crippen molar-refractivity contribution >= 4 is 43.3 Å². The first kappa shape index (κ1) is 12.4. The maximum atomic E-state index is 6.19. The van der Waals surface area contributed by atoms with E-state index >= 15 is 0 Å². The molecule has 0 amide bonds. The van der Waals surface area contributed by atoms with Gasteiger partial charge in [-0.05, 0) is 23.4 Å². The van der Waals surface area contributed by atoms with Gasteiger partial charge in [-0.15, -0.1) is 0 Å². The Kier molecular flexibility index (Phi) is 2.94. The molecule has 0 atom stereocenters. The monoisotopic (exact) mass is 314 g/mol. The zero-order valence-electron chi connectivity index (χ0n) is 10.9. The minimum atomic E-state index is 0.370.